The van der Waals surface area contributed by atoms with E-state index in [1.807, 2.05) is 91.0 Å². The standard InChI is InChI=1S/C18H29NO2.C11H14O.2C2H6/c1-5-8-16(13-17(7-3)21-4)19-18(20)15-11-9-14(6-2)10-12-15;1-4-10-8(2)6-5-7-11(10)9(3)12;2*1-2/h5,7-8,13-15H,6,9-12H2,1-4H3,(H,19,20);5-7H,4H2,1-3H3;2*1-2H3/b8-5-,16-13+,17-7+;;;. The largest absolute Gasteiger partial charge is 0.497 e. The van der Waals surface area contributed by atoms with Crippen molar-refractivity contribution >= 4 is 11.7 Å². The molecule has 0 radical (unpaired) electrons. The first kappa shape index (κ1) is 36.5. The molecule has 0 unspecified atom stereocenters. The molecular weight excluding hydrogens is 458 g/mol. The van der Waals surface area contributed by atoms with Gasteiger partial charge in [0.05, 0.1) is 7.11 Å². The molecule has 4 heteroatoms. The SMILES string of the molecule is CC.CC.CCc1c(C)cccc1C(C)=O.C\C=C/C(=C\C(=C/C)OC)NC(=O)C1CCC(CC)CC1. The summed E-state index contributed by atoms with van der Waals surface area (Å²) in [7, 11) is 1.63. The van der Waals surface area contributed by atoms with Gasteiger partial charge in [-0.15, -0.1) is 0 Å². The Balaban J connectivity index is 0. The lowest BCUT2D eigenvalue weighted by atomic mass is 9.80. The number of Topliss-reactive ketones (excluding diaryl/α,β-unsaturated/α-hetero) is 1. The number of nitrogens with one attached hydrogen (secondary N) is 1. The second-order valence-corrected chi connectivity index (χ2v) is 8.62. The van der Waals surface area contributed by atoms with Crippen LogP contribution in [-0.4, -0.2) is 18.8 Å². The highest BCUT2D eigenvalue weighted by Crippen LogP contribution is 2.30. The zero-order chi connectivity index (χ0) is 28.8. The Morgan fingerprint density at radius 2 is 1.62 bits per heavy atom. The molecule has 0 saturated heterocycles. The molecule has 1 amide bonds. The van der Waals surface area contributed by atoms with Gasteiger partial charge in [-0.25, -0.2) is 0 Å². The van der Waals surface area contributed by atoms with Gasteiger partial charge in [-0.1, -0.05) is 72.2 Å². The van der Waals surface area contributed by atoms with Crippen LogP contribution in [0.5, 0.6) is 0 Å². The third-order valence-corrected chi connectivity index (χ3v) is 6.37. The van der Waals surface area contributed by atoms with Crippen LogP contribution in [0, 0.1) is 18.8 Å². The van der Waals surface area contributed by atoms with Crippen molar-refractivity contribution in [1.29, 1.82) is 0 Å². The number of ketones is 1. The zero-order valence-corrected chi connectivity index (χ0v) is 25.7. The summed E-state index contributed by atoms with van der Waals surface area (Å²) in [5.41, 5.74) is 4.06. The van der Waals surface area contributed by atoms with E-state index in [1.165, 1.54) is 30.4 Å². The second-order valence-electron chi connectivity index (χ2n) is 8.62. The number of rotatable bonds is 8. The number of hydrogen-bond donors (Lipinski definition) is 1. The van der Waals surface area contributed by atoms with E-state index in [4.69, 9.17) is 4.74 Å². The fourth-order valence-electron chi connectivity index (χ4n) is 4.30. The third-order valence-electron chi connectivity index (χ3n) is 6.37. The van der Waals surface area contributed by atoms with Crippen molar-refractivity contribution < 1.29 is 14.3 Å². The lowest BCUT2D eigenvalue weighted by Gasteiger charge is -2.27. The number of amides is 1. The topological polar surface area (TPSA) is 55.4 Å². The first-order valence-electron chi connectivity index (χ1n) is 14.3. The van der Waals surface area contributed by atoms with Crippen molar-refractivity contribution in [3.8, 4) is 0 Å². The molecule has 0 spiro atoms. The van der Waals surface area contributed by atoms with Crippen molar-refractivity contribution in [3.63, 3.8) is 0 Å². The first-order chi connectivity index (χ1) is 17.8. The minimum atomic E-state index is 0.139. The number of allylic oxidation sites excluding steroid dienone is 4. The third kappa shape index (κ3) is 14.0. The van der Waals surface area contributed by atoms with E-state index in [-0.39, 0.29) is 17.6 Å². The van der Waals surface area contributed by atoms with Crippen LogP contribution < -0.4 is 5.32 Å². The number of hydrogen-bond acceptors (Lipinski definition) is 3. The van der Waals surface area contributed by atoms with E-state index in [1.54, 1.807) is 14.0 Å². The van der Waals surface area contributed by atoms with Gasteiger partial charge in [-0.05, 0) is 89.0 Å². The number of carbonyl (C=O) groups excluding carboxylic acids is 2. The van der Waals surface area contributed by atoms with Crippen LogP contribution in [-0.2, 0) is 16.0 Å². The lowest BCUT2D eigenvalue weighted by Crippen LogP contribution is -2.32. The van der Waals surface area contributed by atoms with Crippen LogP contribution in [0.3, 0.4) is 0 Å². The molecular formula is C33H55NO3. The molecule has 0 aliphatic heterocycles. The number of methoxy groups -OCH3 is 1. The van der Waals surface area contributed by atoms with E-state index in [9.17, 15) is 9.59 Å². The molecule has 1 saturated carbocycles. The van der Waals surface area contributed by atoms with Crippen LogP contribution in [0.2, 0.25) is 0 Å². The zero-order valence-electron chi connectivity index (χ0n) is 25.7. The van der Waals surface area contributed by atoms with Gasteiger partial charge >= 0.3 is 0 Å². The molecule has 1 N–H and O–H groups in total. The van der Waals surface area contributed by atoms with E-state index < -0.39 is 0 Å². The molecule has 1 fully saturated rings. The molecule has 0 aromatic heterocycles. The Hall–Kier alpha value is -2.62. The highest BCUT2D eigenvalue weighted by molar-refractivity contribution is 5.95. The van der Waals surface area contributed by atoms with Crippen LogP contribution >= 0.6 is 0 Å². The quantitative estimate of drug-likeness (QED) is 0.214. The molecule has 4 nitrogen and oxygen atoms in total. The highest BCUT2D eigenvalue weighted by atomic mass is 16.5. The number of aryl methyl sites for hydroxylation is 1. The average Bonchev–Trinajstić information content (AvgIpc) is 2.94. The molecule has 2 rings (SSSR count). The van der Waals surface area contributed by atoms with Crippen LogP contribution in [0.25, 0.3) is 0 Å². The van der Waals surface area contributed by atoms with Gasteiger partial charge in [0, 0.05) is 23.3 Å². The van der Waals surface area contributed by atoms with Crippen LogP contribution in [0.15, 0.2) is 54.0 Å². The van der Waals surface area contributed by atoms with E-state index in [2.05, 4.69) is 19.2 Å². The predicted molar refractivity (Wildman–Crippen MR) is 161 cm³/mol. The average molecular weight is 514 g/mol. The van der Waals surface area contributed by atoms with Gasteiger partial charge in [-0.2, -0.15) is 0 Å². The normalized spacial score (nSPS) is 17.3. The maximum atomic E-state index is 12.4. The predicted octanol–water partition coefficient (Wildman–Crippen LogP) is 9.14. The van der Waals surface area contributed by atoms with Gasteiger partial charge in [0.2, 0.25) is 5.91 Å². The summed E-state index contributed by atoms with van der Waals surface area (Å²) in [5.74, 6) is 2.01. The first-order valence-corrected chi connectivity index (χ1v) is 14.3. The van der Waals surface area contributed by atoms with Gasteiger partial charge in [0.25, 0.3) is 0 Å². The Kier molecular flexibility index (Phi) is 22.3. The minimum Gasteiger partial charge on any atom is -0.497 e. The van der Waals surface area contributed by atoms with E-state index in [0.29, 0.717) is 0 Å². The molecule has 1 aromatic rings. The molecule has 37 heavy (non-hydrogen) atoms. The molecule has 0 atom stereocenters. The summed E-state index contributed by atoms with van der Waals surface area (Å²) in [6, 6.07) is 5.88. The maximum absolute atomic E-state index is 12.4. The molecule has 0 bridgehead atoms. The number of ether oxygens (including phenoxy) is 1. The summed E-state index contributed by atoms with van der Waals surface area (Å²) in [4.78, 5) is 23.6. The van der Waals surface area contributed by atoms with Crippen molar-refractivity contribution in [2.45, 2.75) is 108 Å². The van der Waals surface area contributed by atoms with Gasteiger partial charge in [0.1, 0.15) is 5.76 Å². The smallest absolute Gasteiger partial charge is 0.227 e. The Bertz CT molecular complexity index is 856. The fourth-order valence-corrected chi connectivity index (χ4v) is 4.30. The molecule has 0 heterocycles. The van der Waals surface area contributed by atoms with E-state index in [0.717, 1.165) is 42.2 Å². The van der Waals surface area contributed by atoms with Crippen molar-refractivity contribution in [3.05, 3.63) is 70.6 Å². The summed E-state index contributed by atoms with van der Waals surface area (Å²) in [5, 5.41) is 3.03. The van der Waals surface area contributed by atoms with E-state index >= 15 is 0 Å². The Morgan fingerprint density at radius 1 is 1.03 bits per heavy atom. The summed E-state index contributed by atoms with van der Waals surface area (Å²) >= 11 is 0. The van der Waals surface area contributed by atoms with Crippen LogP contribution in [0.1, 0.15) is 116 Å². The number of benzene rings is 1. The van der Waals surface area contributed by atoms with Crippen LogP contribution in [0.4, 0.5) is 0 Å². The van der Waals surface area contributed by atoms with Gasteiger partial charge in [0.15, 0.2) is 5.78 Å². The van der Waals surface area contributed by atoms with Crippen molar-refractivity contribution in [2.24, 2.45) is 11.8 Å². The summed E-state index contributed by atoms with van der Waals surface area (Å²) < 4.78 is 5.23. The van der Waals surface area contributed by atoms with Crippen molar-refractivity contribution in [2.75, 3.05) is 7.11 Å². The molecule has 1 aromatic carbocycles. The highest BCUT2D eigenvalue weighted by Gasteiger charge is 2.25. The Morgan fingerprint density at radius 3 is 2.03 bits per heavy atom. The van der Waals surface area contributed by atoms with Gasteiger partial charge in [-0.3, -0.25) is 9.59 Å². The minimum absolute atomic E-state index is 0.139. The molecule has 1 aliphatic rings. The Labute approximate surface area is 228 Å². The fraction of sp³-hybridized carbons (Fsp3) is 0.576. The molecule has 210 valence electrons. The monoisotopic (exact) mass is 513 g/mol. The van der Waals surface area contributed by atoms with Crippen molar-refractivity contribution in [1.82, 2.24) is 5.32 Å². The number of carbonyl (C=O) groups is 2. The summed E-state index contributed by atoms with van der Waals surface area (Å²) in [6.45, 7) is 19.8. The van der Waals surface area contributed by atoms with Gasteiger partial charge < -0.3 is 10.1 Å². The molecule has 1 aliphatic carbocycles. The second kappa shape index (κ2) is 22.6. The lowest BCUT2D eigenvalue weighted by molar-refractivity contribution is -0.125. The maximum Gasteiger partial charge on any atom is 0.227 e. The summed E-state index contributed by atoms with van der Waals surface area (Å²) in [6.07, 6.45) is 14.1.